The van der Waals surface area contributed by atoms with E-state index in [0.29, 0.717) is 46.2 Å². The molecule has 3 aromatic rings. The van der Waals surface area contributed by atoms with Gasteiger partial charge in [-0.25, -0.2) is 0 Å². The average molecular weight is 472 g/mol. The molecule has 30 heavy (non-hydrogen) atoms. The monoisotopic (exact) mass is 471 g/mol. The molecule has 0 spiro atoms. The van der Waals surface area contributed by atoms with Crippen LogP contribution in [0.15, 0.2) is 71.2 Å². The Balaban J connectivity index is 1.60. The number of benzene rings is 3. The lowest BCUT2D eigenvalue weighted by atomic mass is 10.2. The van der Waals surface area contributed by atoms with Crippen molar-refractivity contribution in [1.82, 2.24) is 0 Å². The highest BCUT2D eigenvalue weighted by Crippen LogP contribution is 2.30. The van der Waals surface area contributed by atoms with Crippen LogP contribution < -0.4 is 24.3 Å². The van der Waals surface area contributed by atoms with E-state index in [4.69, 9.17) is 18.9 Å². The molecule has 0 saturated heterocycles. The zero-order valence-corrected chi connectivity index (χ0v) is 18.3. The summed E-state index contributed by atoms with van der Waals surface area (Å²) in [6.07, 6.45) is 0. The van der Waals surface area contributed by atoms with Crippen molar-refractivity contribution in [3.8, 4) is 23.0 Å². The van der Waals surface area contributed by atoms with Gasteiger partial charge in [0.15, 0.2) is 0 Å². The Morgan fingerprint density at radius 1 is 0.833 bits per heavy atom. The van der Waals surface area contributed by atoms with Crippen LogP contribution in [0, 0.1) is 0 Å². The van der Waals surface area contributed by atoms with Crippen LogP contribution in [0.1, 0.15) is 10.4 Å². The molecule has 0 aliphatic heterocycles. The van der Waals surface area contributed by atoms with Crippen LogP contribution in [-0.4, -0.2) is 33.3 Å². The van der Waals surface area contributed by atoms with E-state index in [2.05, 4.69) is 21.2 Å². The van der Waals surface area contributed by atoms with Crippen LogP contribution in [0.2, 0.25) is 0 Å². The predicted molar refractivity (Wildman–Crippen MR) is 119 cm³/mol. The molecule has 0 heterocycles. The van der Waals surface area contributed by atoms with Crippen molar-refractivity contribution in [3.63, 3.8) is 0 Å². The molecule has 156 valence electrons. The molecule has 0 radical (unpaired) electrons. The summed E-state index contributed by atoms with van der Waals surface area (Å²) < 4.78 is 22.5. The summed E-state index contributed by atoms with van der Waals surface area (Å²) in [5.41, 5.74) is 0.996. The molecule has 6 nitrogen and oxygen atoms in total. The lowest BCUT2D eigenvalue weighted by molar-refractivity contribution is 0.102. The van der Waals surface area contributed by atoms with Crippen molar-refractivity contribution in [2.24, 2.45) is 0 Å². The number of halogens is 1. The van der Waals surface area contributed by atoms with E-state index in [1.165, 1.54) is 0 Å². The molecule has 0 saturated carbocycles. The van der Waals surface area contributed by atoms with Gasteiger partial charge in [0.2, 0.25) is 0 Å². The summed E-state index contributed by atoms with van der Waals surface area (Å²) in [7, 11) is 3.11. The minimum atomic E-state index is -0.277. The second-order valence-electron chi connectivity index (χ2n) is 6.18. The highest BCUT2D eigenvalue weighted by Gasteiger charge is 2.13. The van der Waals surface area contributed by atoms with Gasteiger partial charge in [-0.1, -0.05) is 18.2 Å². The van der Waals surface area contributed by atoms with E-state index < -0.39 is 0 Å². The van der Waals surface area contributed by atoms with Crippen molar-refractivity contribution in [3.05, 3.63) is 76.8 Å². The largest absolute Gasteiger partial charge is 0.497 e. The molecule has 0 fully saturated rings. The number of para-hydroxylation sites is 1. The first kappa shape index (κ1) is 21.5. The summed E-state index contributed by atoms with van der Waals surface area (Å²) in [6.45, 7) is 0.786. The molecule has 3 rings (SSSR count). The normalized spacial score (nSPS) is 10.2. The fraction of sp³-hybridized carbons (Fsp3) is 0.174. The third-order valence-electron chi connectivity index (χ3n) is 4.20. The Morgan fingerprint density at radius 3 is 2.27 bits per heavy atom. The van der Waals surface area contributed by atoms with Gasteiger partial charge in [-0.3, -0.25) is 4.79 Å². The first-order valence-electron chi connectivity index (χ1n) is 9.24. The first-order chi connectivity index (χ1) is 14.6. The van der Waals surface area contributed by atoms with E-state index in [-0.39, 0.29) is 5.91 Å². The standard InChI is InChI=1S/C23H22BrNO5/c1-27-18-9-11-22(28-2)20(15-18)25-23(26)16-8-10-21(19(24)14-16)30-13-12-29-17-6-4-3-5-7-17/h3-11,14-15H,12-13H2,1-2H3,(H,25,26). The summed E-state index contributed by atoms with van der Waals surface area (Å²) in [5.74, 6) is 2.30. The number of rotatable bonds is 9. The molecule has 0 aliphatic rings. The Labute approximate surface area is 183 Å². The number of methoxy groups -OCH3 is 2. The predicted octanol–water partition coefficient (Wildman–Crippen LogP) is 5.18. The smallest absolute Gasteiger partial charge is 0.255 e. The van der Waals surface area contributed by atoms with E-state index >= 15 is 0 Å². The van der Waals surface area contributed by atoms with Gasteiger partial charge in [0.25, 0.3) is 5.91 Å². The Morgan fingerprint density at radius 2 is 1.57 bits per heavy atom. The molecule has 0 atom stereocenters. The maximum Gasteiger partial charge on any atom is 0.255 e. The molecular weight excluding hydrogens is 450 g/mol. The zero-order chi connectivity index (χ0) is 21.3. The van der Waals surface area contributed by atoms with Crippen molar-refractivity contribution >= 4 is 27.5 Å². The number of ether oxygens (including phenoxy) is 4. The fourth-order valence-corrected chi connectivity index (χ4v) is 3.19. The zero-order valence-electron chi connectivity index (χ0n) is 16.7. The Hall–Kier alpha value is -3.19. The molecule has 0 aromatic heterocycles. The van der Waals surface area contributed by atoms with Crippen LogP contribution in [-0.2, 0) is 0 Å². The van der Waals surface area contributed by atoms with Crippen LogP contribution in [0.25, 0.3) is 0 Å². The summed E-state index contributed by atoms with van der Waals surface area (Å²) >= 11 is 3.46. The number of hydrogen-bond donors (Lipinski definition) is 1. The second kappa shape index (κ2) is 10.5. The summed E-state index contributed by atoms with van der Waals surface area (Å²) in [4.78, 5) is 12.7. The molecule has 0 bridgehead atoms. The summed E-state index contributed by atoms with van der Waals surface area (Å²) in [6, 6.07) is 19.9. The van der Waals surface area contributed by atoms with Crippen molar-refractivity contribution in [2.75, 3.05) is 32.8 Å². The van der Waals surface area contributed by atoms with Crippen molar-refractivity contribution < 1.29 is 23.7 Å². The van der Waals surface area contributed by atoms with E-state index in [0.717, 1.165) is 5.75 Å². The van der Waals surface area contributed by atoms with Gasteiger partial charge in [-0.2, -0.15) is 0 Å². The van der Waals surface area contributed by atoms with E-state index in [1.54, 1.807) is 50.6 Å². The SMILES string of the molecule is COc1ccc(OC)c(NC(=O)c2ccc(OCCOc3ccccc3)c(Br)c2)c1. The molecule has 1 amide bonds. The summed E-state index contributed by atoms with van der Waals surface area (Å²) in [5, 5.41) is 2.84. The maximum atomic E-state index is 12.7. The van der Waals surface area contributed by atoms with Gasteiger partial charge in [0.05, 0.1) is 24.4 Å². The van der Waals surface area contributed by atoms with Gasteiger partial charge in [-0.05, 0) is 58.4 Å². The number of nitrogens with one attached hydrogen (secondary N) is 1. The van der Waals surface area contributed by atoms with Gasteiger partial charge < -0.3 is 24.3 Å². The van der Waals surface area contributed by atoms with E-state index in [9.17, 15) is 4.79 Å². The van der Waals surface area contributed by atoms with Gasteiger partial charge in [0, 0.05) is 11.6 Å². The topological polar surface area (TPSA) is 66.0 Å². The van der Waals surface area contributed by atoms with Crippen LogP contribution in [0.5, 0.6) is 23.0 Å². The number of hydrogen-bond acceptors (Lipinski definition) is 5. The first-order valence-corrected chi connectivity index (χ1v) is 10.0. The molecule has 7 heteroatoms. The molecule has 1 N–H and O–H groups in total. The average Bonchev–Trinajstić information content (AvgIpc) is 2.78. The highest BCUT2D eigenvalue weighted by molar-refractivity contribution is 9.10. The third-order valence-corrected chi connectivity index (χ3v) is 4.82. The number of amides is 1. The highest BCUT2D eigenvalue weighted by atomic mass is 79.9. The van der Waals surface area contributed by atoms with Crippen molar-refractivity contribution in [2.45, 2.75) is 0 Å². The third kappa shape index (κ3) is 5.67. The second-order valence-corrected chi connectivity index (χ2v) is 7.03. The molecule has 0 aliphatic carbocycles. The number of carbonyl (C=O) groups is 1. The quantitative estimate of drug-likeness (QED) is 0.435. The van der Waals surface area contributed by atoms with Gasteiger partial charge in [-0.15, -0.1) is 0 Å². The fourth-order valence-electron chi connectivity index (χ4n) is 2.69. The Bertz CT molecular complexity index is 994. The van der Waals surface area contributed by atoms with Crippen LogP contribution in [0.3, 0.4) is 0 Å². The van der Waals surface area contributed by atoms with E-state index in [1.807, 2.05) is 30.3 Å². The lowest BCUT2D eigenvalue weighted by Crippen LogP contribution is -2.13. The number of anilines is 1. The molecule has 3 aromatic carbocycles. The lowest BCUT2D eigenvalue weighted by Gasteiger charge is -2.13. The minimum absolute atomic E-state index is 0.277. The van der Waals surface area contributed by atoms with Crippen molar-refractivity contribution in [1.29, 1.82) is 0 Å². The van der Waals surface area contributed by atoms with Crippen LogP contribution >= 0.6 is 15.9 Å². The van der Waals surface area contributed by atoms with Crippen LogP contribution in [0.4, 0.5) is 5.69 Å². The molecule has 0 unspecified atom stereocenters. The maximum absolute atomic E-state index is 12.7. The number of carbonyl (C=O) groups excluding carboxylic acids is 1. The van der Waals surface area contributed by atoms with Gasteiger partial charge >= 0.3 is 0 Å². The van der Waals surface area contributed by atoms with Gasteiger partial charge in [0.1, 0.15) is 36.2 Å². The molecular formula is C23H22BrNO5. The Kier molecular flexibility index (Phi) is 7.57. The minimum Gasteiger partial charge on any atom is -0.497 e.